The van der Waals surface area contributed by atoms with Crippen LogP contribution in [0.25, 0.3) is 0 Å². The molecule has 0 aliphatic heterocycles. The van der Waals surface area contributed by atoms with E-state index in [9.17, 15) is 0 Å². The topological polar surface area (TPSA) is 26.0 Å². The molecule has 1 nitrogen and oxygen atoms in total. The van der Waals surface area contributed by atoms with Crippen molar-refractivity contribution < 1.29 is 0 Å². The first kappa shape index (κ1) is 16.1. The Kier molecular flexibility index (Phi) is 7.41. The van der Waals surface area contributed by atoms with Crippen molar-refractivity contribution in [2.24, 2.45) is 11.7 Å². The molecule has 0 heterocycles. The zero-order valence-electron chi connectivity index (χ0n) is 9.54. The summed E-state index contributed by atoms with van der Waals surface area (Å²) in [4.78, 5) is 0. The van der Waals surface area contributed by atoms with Crippen molar-refractivity contribution in [3.05, 3.63) is 33.8 Å². The lowest BCUT2D eigenvalue weighted by atomic mass is 9.98. The van der Waals surface area contributed by atoms with Gasteiger partial charge < -0.3 is 5.73 Å². The highest BCUT2D eigenvalue weighted by molar-refractivity contribution is 6.42. The van der Waals surface area contributed by atoms with Crippen molar-refractivity contribution >= 4 is 35.6 Å². The monoisotopic (exact) mass is 281 g/mol. The molecule has 0 aliphatic carbocycles. The van der Waals surface area contributed by atoms with Crippen LogP contribution < -0.4 is 5.73 Å². The number of nitrogens with two attached hydrogens (primary N) is 1. The Hall–Kier alpha value is 0.0500. The lowest BCUT2D eigenvalue weighted by Crippen LogP contribution is -2.11. The van der Waals surface area contributed by atoms with Gasteiger partial charge in [0.15, 0.2) is 0 Å². The van der Waals surface area contributed by atoms with Gasteiger partial charge in [0.2, 0.25) is 0 Å². The average Bonchev–Trinajstić information content (AvgIpc) is 2.18. The minimum Gasteiger partial charge on any atom is -0.324 e. The van der Waals surface area contributed by atoms with Crippen molar-refractivity contribution in [1.29, 1.82) is 0 Å². The van der Waals surface area contributed by atoms with E-state index in [0.29, 0.717) is 16.0 Å². The Bertz CT molecular complexity index is 326. The number of hydrogen-bond donors (Lipinski definition) is 1. The van der Waals surface area contributed by atoms with Gasteiger partial charge in [-0.2, -0.15) is 0 Å². The smallest absolute Gasteiger partial charge is 0.0595 e. The summed E-state index contributed by atoms with van der Waals surface area (Å²) in [6, 6.07) is 5.66. The first-order chi connectivity index (χ1) is 7.00. The largest absolute Gasteiger partial charge is 0.324 e. The standard InChI is InChI=1S/C12H17Cl2N.ClH/c1-8(2)3-6-12(15)9-4-5-10(13)11(14)7-9;/h4-5,7-8,12H,3,6,15H2,1-2H3;1H/t12-;/m1./s1. The molecular formula is C12H18Cl3N. The fourth-order valence-corrected chi connectivity index (χ4v) is 1.73. The summed E-state index contributed by atoms with van der Waals surface area (Å²) in [6.45, 7) is 4.39. The van der Waals surface area contributed by atoms with Crippen LogP contribution in [0.2, 0.25) is 10.0 Å². The highest BCUT2D eigenvalue weighted by atomic mass is 35.5. The molecule has 0 bridgehead atoms. The predicted molar refractivity (Wildman–Crippen MR) is 74.7 cm³/mol. The van der Waals surface area contributed by atoms with Gasteiger partial charge >= 0.3 is 0 Å². The van der Waals surface area contributed by atoms with E-state index in [1.54, 1.807) is 6.07 Å². The molecule has 1 aromatic carbocycles. The van der Waals surface area contributed by atoms with E-state index in [4.69, 9.17) is 28.9 Å². The lowest BCUT2D eigenvalue weighted by Gasteiger charge is -2.14. The predicted octanol–water partition coefficient (Wildman–Crippen LogP) is 4.85. The summed E-state index contributed by atoms with van der Waals surface area (Å²) in [6.07, 6.45) is 2.11. The van der Waals surface area contributed by atoms with Crippen molar-refractivity contribution in [2.45, 2.75) is 32.7 Å². The SMILES string of the molecule is CC(C)CC[C@@H](N)c1ccc(Cl)c(Cl)c1.Cl. The molecule has 0 aliphatic rings. The van der Waals surface area contributed by atoms with E-state index in [1.165, 1.54) is 0 Å². The number of rotatable bonds is 4. The van der Waals surface area contributed by atoms with Crippen molar-refractivity contribution in [1.82, 2.24) is 0 Å². The molecule has 92 valence electrons. The van der Waals surface area contributed by atoms with Crippen LogP contribution in [0.15, 0.2) is 18.2 Å². The summed E-state index contributed by atoms with van der Waals surface area (Å²) >= 11 is 11.8. The average molecular weight is 283 g/mol. The van der Waals surface area contributed by atoms with Gasteiger partial charge in [-0.15, -0.1) is 12.4 Å². The fraction of sp³-hybridized carbons (Fsp3) is 0.500. The van der Waals surface area contributed by atoms with Gasteiger partial charge in [0, 0.05) is 6.04 Å². The van der Waals surface area contributed by atoms with Gasteiger partial charge in [0.05, 0.1) is 10.0 Å². The second-order valence-corrected chi connectivity index (χ2v) is 5.07. The van der Waals surface area contributed by atoms with Gasteiger partial charge in [-0.3, -0.25) is 0 Å². The van der Waals surface area contributed by atoms with Crippen LogP contribution in [-0.2, 0) is 0 Å². The van der Waals surface area contributed by atoms with Crippen molar-refractivity contribution in [2.75, 3.05) is 0 Å². The van der Waals surface area contributed by atoms with Gasteiger partial charge in [-0.1, -0.05) is 43.1 Å². The van der Waals surface area contributed by atoms with Crippen LogP contribution in [0.5, 0.6) is 0 Å². The molecule has 4 heteroatoms. The van der Waals surface area contributed by atoms with Crippen LogP contribution >= 0.6 is 35.6 Å². The zero-order valence-corrected chi connectivity index (χ0v) is 11.9. The molecule has 1 atom stereocenters. The highest BCUT2D eigenvalue weighted by Crippen LogP contribution is 2.26. The molecule has 0 unspecified atom stereocenters. The summed E-state index contributed by atoms with van der Waals surface area (Å²) in [5.41, 5.74) is 7.12. The first-order valence-electron chi connectivity index (χ1n) is 5.21. The minimum absolute atomic E-state index is 0. The third-order valence-electron chi connectivity index (χ3n) is 2.43. The van der Waals surface area contributed by atoms with Crippen molar-refractivity contribution in [3.63, 3.8) is 0 Å². The Morgan fingerprint density at radius 2 is 1.75 bits per heavy atom. The molecule has 1 aromatic rings. The normalized spacial score (nSPS) is 12.4. The molecule has 0 saturated carbocycles. The Balaban J connectivity index is 0.00000225. The Morgan fingerprint density at radius 1 is 1.12 bits per heavy atom. The maximum Gasteiger partial charge on any atom is 0.0595 e. The van der Waals surface area contributed by atoms with E-state index in [0.717, 1.165) is 18.4 Å². The van der Waals surface area contributed by atoms with Crippen LogP contribution in [0, 0.1) is 5.92 Å². The molecule has 2 N–H and O–H groups in total. The number of benzene rings is 1. The third kappa shape index (κ3) is 4.92. The Morgan fingerprint density at radius 3 is 2.25 bits per heavy atom. The minimum atomic E-state index is 0. The lowest BCUT2D eigenvalue weighted by molar-refractivity contribution is 0.507. The van der Waals surface area contributed by atoms with Crippen LogP contribution in [-0.4, -0.2) is 0 Å². The number of hydrogen-bond acceptors (Lipinski definition) is 1. The van der Waals surface area contributed by atoms with Gasteiger partial charge in [-0.25, -0.2) is 0 Å². The number of halogens is 3. The second-order valence-electron chi connectivity index (χ2n) is 4.25. The van der Waals surface area contributed by atoms with Crippen molar-refractivity contribution in [3.8, 4) is 0 Å². The van der Waals surface area contributed by atoms with Gasteiger partial charge in [-0.05, 0) is 36.5 Å². The van der Waals surface area contributed by atoms with E-state index in [2.05, 4.69) is 13.8 Å². The second kappa shape index (κ2) is 7.39. The van der Waals surface area contributed by atoms with Gasteiger partial charge in [0.25, 0.3) is 0 Å². The molecule has 0 amide bonds. The molecule has 1 rings (SSSR count). The molecule has 0 spiro atoms. The van der Waals surface area contributed by atoms with E-state index >= 15 is 0 Å². The summed E-state index contributed by atoms with van der Waals surface area (Å²) in [7, 11) is 0. The van der Waals surface area contributed by atoms with E-state index in [1.807, 2.05) is 12.1 Å². The van der Waals surface area contributed by atoms with Gasteiger partial charge in [0.1, 0.15) is 0 Å². The maximum atomic E-state index is 6.06. The quantitative estimate of drug-likeness (QED) is 0.839. The molecule has 0 saturated heterocycles. The van der Waals surface area contributed by atoms with Crippen LogP contribution in [0.4, 0.5) is 0 Å². The van der Waals surface area contributed by atoms with E-state index in [-0.39, 0.29) is 18.4 Å². The maximum absolute atomic E-state index is 6.06. The van der Waals surface area contributed by atoms with E-state index < -0.39 is 0 Å². The molecule has 0 fully saturated rings. The first-order valence-corrected chi connectivity index (χ1v) is 5.97. The van der Waals surface area contributed by atoms with Crippen LogP contribution in [0.3, 0.4) is 0 Å². The highest BCUT2D eigenvalue weighted by Gasteiger charge is 2.08. The molecular weight excluding hydrogens is 264 g/mol. The fourth-order valence-electron chi connectivity index (χ4n) is 1.42. The summed E-state index contributed by atoms with van der Waals surface area (Å²) in [5, 5.41) is 1.16. The Labute approximate surface area is 114 Å². The summed E-state index contributed by atoms with van der Waals surface area (Å²) < 4.78 is 0. The third-order valence-corrected chi connectivity index (χ3v) is 3.17. The molecule has 16 heavy (non-hydrogen) atoms. The zero-order chi connectivity index (χ0) is 11.4. The summed E-state index contributed by atoms with van der Waals surface area (Å²) in [5.74, 6) is 0.679. The molecule has 0 radical (unpaired) electrons. The molecule has 0 aromatic heterocycles. The van der Waals surface area contributed by atoms with Crippen LogP contribution in [0.1, 0.15) is 38.3 Å².